The molecule has 2 rings (SSSR count). The molecule has 4 nitrogen and oxygen atoms in total. The summed E-state index contributed by atoms with van der Waals surface area (Å²) in [5, 5.41) is 0. The maximum atomic E-state index is 5.95. The van der Waals surface area contributed by atoms with Gasteiger partial charge in [-0.3, -0.25) is 0 Å². The highest BCUT2D eigenvalue weighted by Gasteiger charge is 2.11. The zero-order valence-corrected chi connectivity index (χ0v) is 8.05. The molecule has 14 heavy (non-hydrogen) atoms. The van der Waals surface area contributed by atoms with E-state index in [1.807, 2.05) is 29.9 Å². The quantitative estimate of drug-likeness (QED) is 0.794. The third kappa shape index (κ3) is 1.70. The second-order valence-electron chi connectivity index (χ2n) is 3.28. The molecule has 2 aromatic rings. The van der Waals surface area contributed by atoms with Crippen LogP contribution in [0.4, 0.5) is 0 Å². The minimum absolute atomic E-state index is 0.119. The lowest BCUT2D eigenvalue weighted by Gasteiger charge is -2.07. The third-order valence-corrected chi connectivity index (χ3v) is 2.23. The van der Waals surface area contributed by atoms with E-state index in [4.69, 9.17) is 10.2 Å². The van der Waals surface area contributed by atoms with Crippen molar-refractivity contribution in [2.75, 3.05) is 0 Å². The Labute approximate surface area is 82.4 Å². The lowest BCUT2D eigenvalue weighted by molar-refractivity contribution is 0.458. The summed E-state index contributed by atoms with van der Waals surface area (Å²) >= 11 is 0. The first-order valence-corrected chi connectivity index (χ1v) is 4.52. The van der Waals surface area contributed by atoms with Crippen molar-refractivity contribution in [3.8, 4) is 0 Å². The normalized spacial score (nSPS) is 13.0. The number of aromatic nitrogens is 2. The van der Waals surface area contributed by atoms with Crippen molar-refractivity contribution in [3.05, 3.63) is 42.4 Å². The molecule has 0 saturated heterocycles. The molecule has 0 saturated carbocycles. The Morgan fingerprint density at radius 2 is 2.50 bits per heavy atom. The second kappa shape index (κ2) is 3.67. The zero-order chi connectivity index (χ0) is 9.97. The van der Waals surface area contributed by atoms with E-state index in [1.165, 1.54) is 0 Å². The van der Waals surface area contributed by atoms with E-state index in [2.05, 4.69) is 4.98 Å². The average molecular weight is 191 g/mol. The molecule has 1 unspecified atom stereocenters. The van der Waals surface area contributed by atoms with Crippen LogP contribution in [0.15, 0.2) is 35.2 Å². The largest absolute Gasteiger partial charge is 0.468 e. The summed E-state index contributed by atoms with van der Waals surface area (Å²) in [6, 6.07) is 3.60. The molecule has 2 N–H and O–H groups in total. The van der Waals surface area contributed by atoms with Crippen LogP contribution in [0.1, 0.15) is 17.6 Å². The minimum Gasteiger partial charge on any atom is -0.468 e. The summed E-state index contributed by atoms with van der Waals surface area (Å²) in [6.45, 7) is 0. The molecule has 4 heteroatoms. The Bertz CT molecular complexity index is 391. The molecule has 0 aliphatic heterocycles. The smallest absolute Gasteiger partial charge is 0.120 e. The van der Waals surface area contributed by atoms with Gasteiger partial charge in [0.25, 0.3) is 0 Å². The predicted octanol–water partition coefficient (Wildman–Crippen LogP) is 1.26. The summed E-state index contributed by atoms with van der Waals surface area (Å²) in [5.74, 6) is 1.77. The van der Waals surface area contributed by atoms with Gasteiger partial charge in [-0.1, -0.05) is 0 Å². The molecule has 0 radical (unpaired) electrons. The molecule has 0 fully saturated rings. The number of nitrogens with two attached hydrogens (primary N) is 1. The van der Waals surface area contributed by atoms with Crippen LogP contribution in [-0.2, 0) is 13.5 Å². The van der Waals surface area contributed by atoms with E-state index in [-0.39, 0.29) is 6.04 Å². The molecule has 0 bridgehead atoms. The SMILES string of the molecule is Cn1ccnc1CC(N)c1ccco1. The Kier molecular flexibility index (Phi) is 2.37. The molecular formula is C10H13N3O. The van der Waals surface area contributed by atoms with Crippen molar-refractivity contribution in [3.63, 3.8) is 0 Å². The van der Waals surface area contributed by atoms with Gasteiger partial charge in [-0.05, 0) is 12.1 Å². The molecule has 0 spiro atoms. The molecule has 0 aliphatic carbocycles. The van der Waals surface area contributed by atoms with Crippen molar-refractivity contribution in [1.82, 2.24) is 9.55 Å². The Hall–Kier alpha value is -1.55. The number of hydrogen-bond donors (Lipinski definition) is 1. The van der Waals surface area contributed by atoms with Crippen LogP contribution in [0.2, 0.25) is 0 Å². The number of aryl methyl sites for hydroxylation is 1. The predicted molar refractivity (Wildman–Crippen MR) is 52.5 cm³/mol. The molecule has 0 aliphatic rings. The number of hydrogen-bond acceptors (Lipinski definition) is 3. The van der Waals surface area contributed by atoms with Gasteiger partial charge in [-0.15, -0.1) is 0 Å². The van der Waals surface area contributed by atoms with Gasteiger partial charge >= 0.3 is 0 Å². The van der Waals surface area contributed by atoms with Gasteiger partial charge in [0.2, 0.25) is 0 Å². The third-order valence-electron chi connectivity index (χ3n) is 2.23. The Balaban J connectivity index is 2.09. The molecule has 0 aromatic carbocycles. The molecule has 74 valence electrons. The van der Waals surface area contributed by atoms with Gasteiger partial charge in [-0.25, -0.2) is 4.98 Å². The van der Waals surface area contributed by atoms with Crippen LogP contribution in [0, 0.1) is 0 Å². The Morgan fingerprint density at radius 3 is 3.07 bits per heavy atom. The maximum Gasteiger partial charge on any atom is 0.120 e. The van der Waals surface area contributed by atoms with Crippen molar-refractivity contribution in [1.29, 1.82) is 0 Å². The van der Waals surface area contributed by atoms with Gasteiger partial charge in [0.1, 0.15) is 11.6 Å². The fourth-order valence-electron chi connectivity index (χ4n) is 1.39. The maximum absolute atomic E-state index is 5.95. The van der Waals surface area contributed by atoms with Crippen LogP contribution in [-0.4, -0.2) is 9.55 Å². The van der Waals surface area contributed by atoms with Crippen LogP contribution in [0.25, 0.3) is 0 Å². The molecule has 0 amide bonds. The summed E-state index contributed by atoms with van der Waals surface area (Å²) in [6.07, 6.45) is 6.00. The number of nitrogens with zero attached hydrogens (tertiary/aromatic N) is 2. The van der Waals surface area contributed by atoms with Crippen molar-refractivity contribution < 1.29 is 4.42 Å². The van der Waals surface area contributed by atoms with Gasteiger partial charge in [0.05, 0.1) is 12.3 Å². The van der Waals surface area contributed by atoms with Crippen LogP contribution < -0.4 is 5.73 Å². The first-order valence-electron chi connectivity index (χ1n) is 4.52. The van der Waals surface area contributed by atoms with E-state index in [9.17, 15) is 0 Å². The molecule has 1 atom stereocenters. The van der Waals surface area contributed by atoms with Crippen LogP contribution in [0.3, 0.4) is 0 Å². The van der Waals surface area contributed by atoms with Crippen molar-refractivity contribution in [2.45, 2.75) is 12.5 Å². The number of furan rings is 1. The van der Waals surface area contributed by atoms with E-state index in [0.29, 0.717) is 6.42 Å². The zero-order valence-electron chi connectivity index (χ0n) is 8.05. The lowest BCUT2D eigenvalue weighted by Crippen LogP contribution is -2.14. The highest BCUT2D eigenvalue weighted by molar-refractivity contribution is 5.07. The second-order valence-corrected chi connectivity index (χ2v) is 3.28. The fourth-order valence-corrected chi connectivity index (χ4v) is 1.39. The topological polar surface area (TPSA) is 57.0 Å². The summed E-state index contributed by atoms with van der Waals surface area (Å²) < 4.78 is 7.18. The first-order chi connectivity index (χ1) is 6.77. The van der Waals surface area contributed by atoms with Gasteiger partial charge in [0, 0.05) is 25.9 Å². The lowest BCUT2D eigenvalue weighted by atomic mass is 10.1. The van der Waals surface area contributed by atoms with E-state index in [0.717, 1.165) is 11.6 Å². The number of rotatable bonds is 3. The monoisotopic (exact) mass is 191 g/mol. The van der Waals surface area contributed by atoms with Gasteiger partial charge in [0.15, 0.2) is 0 Å². The number of imidazole rings is 1. The van der Waals surface area contributed by atoms with Crippen molar-refractivity contribution in [2.24, 2.45) is 12.8 Å². The summed E-state index contributed by atoms with van der Waals surface area (Å²) in [5.41, 5.74) is 5.95. The molecular weight excluding hydrogens is 178 g/mol. The van der Waals surface area contributed by atoms with Gasteiger partial charge < -0.3 is 14.7 Å². The van der Waals surface area contributed by atoms with Crippen LogP contribution in [0.5, 0.6) is 0 Å². The average Bonchev–Trinajstić information content (AvgIpc) is 2.77. The Morgan fingerprint density at radius 1 is 1.64 bits per heavy atom. The van der Waals surface area contributed by atoms with E-state index < -0.39 is 0 Å². The molecule has 2 heterocycles. The molecule has 2 aromatic heterocycles. The van der Waals surface area contributed by atoms with Crippen LogP contribution >= 0.6 is 0 Å². The first kappa shape index (κ1) is 9.02. The van der Waals surface area contributed by atoms with E-state index in [1.54, 1.807) is 12.5 Å². The van der Waals surface area contributed by atoms with Crippen molar-refractivity contribution >= 4 is 0 Å². The minimum atomic E-state index is -0.119. The fraction of sp³-hybridized carbons (Fsp3) is 0.300. The standard InChI is InChI=1S/C10H13N3O/c1-13-5-4-12-10(13)7-8(11)9-3-2-6-14-9/h2-6,8H,7,11H2,1H3. The van der Waals surface area contributed by atoms with Gasteiger partial charge in [-0.2, -0.15) is 0 Å². The highest BCUT2D eigenvalue weighted by atomic mass is 16.3. The van der Waals surface area contributed by atoms with E-state index >= 15 is 0 Å². The highest BCUT2D eigenvalue weighted by Crippen LogP contribution is 2.14. The summed E-state index contributed by atoms with van der Waals surface area (Å²) in [7, 11) is 1.96. The summed E-state index contributed by atoms with van der Waals surface area (Å²) in [4.78, 5) is 4.21.